The molecule has 0 aliphatic rings. The summed E-state index contributed by atoms with van der Waals surface area (Å²) in [6.45, 7) is 3.71. The number of halogens is 2. The van der Waals surface area contributed by atoms with E-state index in [-0.39, 0.29) is 23.3 Å². The van der Waals surface area contributed by atoms with E-state index in [1.54, 1.807) is 30.3 Å². The van der Waals surface area contributed by atoms with E-state index in [9.17, 15) is 9.59 Å². The number of aryl methyl sites for hydroxylation is 2. The predicted molar refractivity (Wildman–Crippen MR) is 114 cm³/mol. The standard InChI is InChI=1S/C19H20Cl2N2O3S/c1-11-7-16(17(26-3)8-14(11)21)23-19(25)10-27-9-18(24)22-15-5-4-13(20)6-12(15)2/h4-8H,9-10H2,1-3H3,(H,22,24)(H,23,25). The highest BCUT2D eigenvalue weighted by atomic mass is 35.5. The lowest BCUT2D eigenvalue weighted by atomic mass is 10.2. The number of benzene rings is 2. The predicted octanol–water partition coefficient (Wildman–Crippen LogP) is 4.93. The number of anilines is 2. The topological polar surface area (TPSA) is 67.4 Å². The summed E-state index contributed by atoms with van der Waals surface area (Å²) in [5, 5.41) is 6.77. The van der Waals surface area contributed by atoms with Crippen LogP contribution >= 0.6 is 35.0 Å². The van der Waals surface area contributed by atoms with E-state index >= 15 is 0 Å². The lowest BCUT2D eigenvalue weighted by Crippen LogP contribution is -2.19. The fraction of sp³-hybridized carbons (Fsp3) is 0.263. The van der Waals surface area contributed by atoms with Crippen LogP contribution in [0.3, 0.4) is 0 Å². The second-order valence-corrected chi connectivity index (χ2v) is 7.68. The quantitative estimate of drug-likeness (QED) is 0.658. The first kappa shape index (κ1) is 21.4. The third-order valence-electron chi connectivity index (χ3n) is 3.68. The van der Waals surface area contributed by atoms with Crippen LogP contribution in [-0.2, 0) is 9.59 Å². The van der Waals surface area contributed by atoms with E-state index < -0.39 is 0 Å². The van der Waals surface area contributed by atoms with E-state index in [1.165, 1.54) is 18.9 Å². The number of rotatable bonds is 7. The van der Waals surface area contributed by atoms with Crippen molar-refractivity contribution in [3.8, 4) is 5.75 Å². The first-order valence-electron chi connectivity index (χ1n) is 8.08. The van der Waals surface area contributed by atoms with Gasteiger partial charge < -0.3 is 15.4 Å². The molecule has 2 aromatic carbocycles. The van der Waals surface area contributed by atoms with Crippen LogP contribution in [0.5, 0.6) is 5.75 Å². The lowest BCUT2D eigenvalue weighted by molar-refractivity contribution is -0.114. The fourth-order valence-corrected chi connectivity index (χ4v) is 3.30. The van der Waals surface area contributed by atoms with Gasteiger partial charge in [-0.1, -0.05) is 23.2 Å². The average molecular weight is 427 g/mol. The second-order valence-electron chi connectivity index (χ2n) is 5.85. The van der Waals surface area contributed by atoms with Crippen LogP contribution in [0.2, 0.25) is 10.0 Å². The van der Waals surface area contributed by atoms with Gasteiger partial charge in [0.05, 0.1) is 24.3 Å². The van der Waals surface area contributed by atoms with Crippen molar-refractivity contribution in [3.63, 3.8) is 0 Å². The van der Waals surface area contributed by atoms with Crippen LogP contribution in [0.25, 0.3) is 0 Å². The minimum Gasteiger partial charge on any atom is -0.495 e. The number of hydrogen-bond acceptors (Lipinski definition) is 4. The molecule has 0 heterocycles. The monoisotopic (exact) mass is 426 g/mol. The molecular formula is C19H20Cl2N2O3S. The molecule has 2 N–H and O–H groups in total. The number of hydrogen-bond donors (Lipinski definition) is 2. The molecule has 144 valence electrons. The molecule has 5 nitrogen and oxygen atoms in total. The molecule has 0 aliphatic carbocycles. The van der Waals surface area contributed by atoms with Crippen molar-refractivity contribution < 1.29 is 14.3 Å². The minimum atomic E-state index is -0.226. The Bertz CT molecular complexity index is 859. The van der Waals surface area contributed by atoms with Gasteiger partial charge in [-0.2, -0.15) is 0 Å². The first-order chi connectivity index (χ1) is 12.8. The van der Waals surface area contributed by atoms with Crippen LogP contribution in [0.15, 0.2) is 30.3 Å². The Kier molecular flexibility index (Phi) is 7.83. The minimum absolute atomic E-state index is 0.137. The van der Waals surface area contributed by atoms with E-state index in [0.29, 0.717) is 27.2 Å². The lowest BCUT2D eigenvalue weighted by Gasteiger charge is -2.12. The van der Waals surface area contributed by atoms with Crippen molar-refractivity contribution in [3.05, 3.63) is 51.5 Å². The molecule has 0 aliphatic heterocycles. The Labute approximate surface area is 172 Å². The number of methoxy groups -OCH3 is 1. The van der Waals surface area contributed by atoms with Gasteiger partial charge in [0.15, 0.2) is 0 Å². The normalized spacial score (nSPS) is 10.4. The van der Waals surface area contributed by atoms with Gasteiger partial charge in [0.25, 0.3) is 0 Å². The van der Waals surface area contributed by atoms with E-state index in [1.807, 2.05) is 13.8 Å². The summed E-state index contributed by atoms with van der Waals surface area (Å²) in [5.74, 6) is 0.373. The average Bonchev–Trinajstić information content (AvgIpc) is 2.60. The Morgan fingerprint density at radius 1 is 0.963 bits per heavy atom. The fourth-order valence-electron chi connectivity index (χ4n) is 2.31. The van der Waals surface area contributed by atoms with Gasteiger partial charge in [-0.25, -0.2) is 0 Å². The number of ether oxygens (including phenoxy) is 1. The van der Waals surface area contributed by atoms with Crippen LogP contribution in [0.1, 0.15) is 11.1 Å². The summed E-state index contributed by atoms with van der Waals surface area (Å²) in [6.07, 6.45) is 0. The number of nitrogens with one attached hydrogen (secondary N) is 2. The number of carbonyl (C=O) groups excluding carboxylic acids is 2. The molecule has 0 bridgehead atoms. The van der Waals surface area contributed by atoms with E-state index in [0.717, 1.165) is 11.1 Å². The molecule has 2 rings (SSSR count). The molecule has 0 atom stereocenters. The third-order valence-corrected chi connectivity index (χ3v) is 5.26. The maximum absolute atomic E-state index is 12.1. The molecule has 2 amide bonds. The third kappa shape index (κ3) is 6.34. The highest BCUT2D eigenvalue weighted by Gasteiger charge is 2.12. The van der Waals surface area contributed by atoms with Gasteiger partial charge in [0.1, 0.15) is 5.75 Å². The Morgan fingerprint density at radius 2 is 1.59 bits per heavy atom. The molecule has 0 fully saturated rings. The molecular weight excluding hydrogens is 407 g/mol. The van der Waals surface area contributed by atoms with Gasteiger partial charge >= 0.3 is 0 Å². The van der Waals surface area contributed by atoms with Crippen molar-refractivity contribution >= 4 is 58.2 Å². The number of carbonyl (C=O) groups is 2. The van der Waals surface area contributed by atoms with Crippen LogP contribution in [-0.4, -0.2) is 30.4 Å². The van der Waals surface area contributed by atoms with Gasteiger partial charge in [-0.3, -0.25) is 9.59 Å². The summed E-state index contributed by atoms with van der Waals surface area (Å²) in [6, 6.07) is 8.65. The summed E-state index contributed by atoms with van der Waals surface area (Å²) in [5.41, 5.74) is 2.96. The van der Waals surface area contributed by atoms with Gasteiger partial charge in [0.2, 0.25) is 11.8 Å². The van der Waals surface area contributed by atoms with Gasteiger partial charge in [-0.05, 0) is 49.2 Å². The highest BCUT2D eigenvalue weighted by molar-refractivity contribution is 8.00. The molecule has 0 spiro atoms. The van der Waals surface area contributed by atoms with Crippen molar-refractivity contribution in [1.82, 2.24) is 0 Å². The molecule has 0 saturated carbocycles. The highest BCUT2D eigenvalue weighted by Crippen LogP contribution is 2.31. The maximum atomic E-state index is 12.1. The van der Waals surface area contributed by atoms with Crippen LogP contribution in [0.4, 0.5) is 11.4 Å². The second kappa shape index (κ2) is 9.88. The SMILES string of the molecule is COc1cc(Cl)c(C)cc1NC(=O)CSCC(=O)Nc1ccc(Cl)cc1C. The maximum Gasteiger partial charge on any atom is 0.234 e. The van der Waals surface area contributed by atoms with Crippen molar-refractivity contribution in [1.29, 1.82) is 0 Å². The largest absolute Gasteiger partial charge is 0.495 e. The molecule has 0 saturated heterocycles. The van der Waals surface area contributed by atoms with E-state index in [2.05, 4.69) is 10.6 Å². The molecule has 0 unspecified atom stereocenters. The molecule has 2 aromatic rings. The number of amides is 2. The summed E-state index contributed by atoms with van der Waals surface area (Å²) in [7, 11) is 1.51. The van der Waals surface area contributed by atoms with Gasteiger partial charge in [-0.15, -0.1) is 11.8 Å². The first-order valence-corrected chi connectivity index (χ1v) is 9.99. The Balaban J connectivity index is 1.84. The Morgan fingerprint density at radius 3 is 2.19 bits per heavy atom. The Hall–Kier alpha value is -1.89. The van der Waals surface area contributed by atoms with Crippen molar-refractivity contribution in [2.24, 2.45) is 0 Å². The molecule has 0 radical (unpaired) electrons. The van der Waals surface area contributed by atoms with Crippen molar-refractivity contribution in [2.45, 2.75) is 13.8 Å². The van der Waals surface area contributed by atoms with Crippen molar-refractivity contribution in [2.75, 3.05) is 29.2 Å². The molecule has 8 heteroatoms. The molecule has 27 heavy (non-hydrogen) atoms. The van der Waals surface area contributed by atoms with Gasteiger partial charge in [0, 0.05) is 21.8 Å². The smallest absolute Gasteiger partial charge is 0.234 e. The van der Waals surface area contributed by atoms with Crippen LogP contribution < -0.4 is 15.4 Å². The summed E-state index contributed by atoms with van der Waals surface area (Å²) >= 11 is 13.2. The van der Waals surface area contributed by atoms with E-state index in [4.69, 9.17) is 27.9 Å². The summed E-state index contributed by atoms with van der Waals surface area (Å²) in [4.78, 5) is 24.2. The zero-order valence-corrected chi connectivity index (χ0v) is 17.5. The van der Waals surface area contributed by atoms with Crippen LogP contribution in [0, 0.1) is 13.8 Å². The number of thioether (sulfide) groups is 1. The molecule has 0 aromatic heterocycles. The summed E-state index contributed by atoms with van der Waals surface area (Å²) < 4.78 is 5.23. The zero-order valence-electron chi connectivity index (χ0n) is 15.2. The zero-order chi connectivity index (χ0) is 20.0.